The van der Waals surface area contributed by atoms with E-state index >= 15 is 0 Å². The Morgan fingerprint density at radius 2 is 1.85 bits per heavy atom. The second-order valence-corrected chi connectivity index (χ2v) is 6.56. The van der Waals surface area contributed by atoms with E-state index in [0.717, 1.165) is 16.9 Å². The van der Waals surface area contributed by atoms with Gasteiger partial charge in [-0.3, -0.25) is 0 Å². The number of amides is 1. The van der Waals surface area contributed by atoms with Gasteiger partial charge in [0, 0.05) is 6.54 Å². The van der Waals surface area contributed by atoms with Crippen molar-refractivity contribution in [1.82, 2.24) is 5.32 Å². The average Bonchev–Trinajstić information content (AvgIpc) is 2.95. The molecule has 0 radical (unpaired) electrons. The minimum Gasteiger partial charge on any atom is -0.479 e. The molecular formula is C17H16ClNO7S. The molecule has 8 nitrogen and oxygen atoms in total. The van der Waals surface area contributed by atoms with Gasteiger partial charge >= 0.3 is 18.0 Å². The average molecular weight is 414 g/mol. The van der Waals surface area contributed by atoms with Crippen LogP contribution in [0.1, 0.15) is 22.2 Å². The predicted octanol–water partition coefficient (Wildman–Crippen LogP) is 3.48. The van der Waals surface area contributed by atoms with Crippen molar-refractivity contribution in [1.29, 1.82) is 0 Å². The fourth-order valence-corrected chi connectivity index (χ4v) is 3.53. The van der Waals surface area contributed by atoms with E-state index in [-0.39, 0.29) is 28.8 Å². The van der Waals surface area contributed by atoms with Gasteiger partial charge in [-0.25, -0.2) is 14.4 Å². The molecule has 0 saturated carbocycles. The fourth-order valence-electron chi connectivity index (χ4n) is 2.12. The number of thiophene rings is 1. The molecule has 144 valence electrons. The lowest BCUT2D eigenvalue weighted by Gasteiger charge is -2.06. The fraction of sp³-hybridized carbons (Fsp3) is 0.235. The molecule has 0 aliphatic carbocycles. The number of carbonyl (C=O) groups excluding carboxylic acids is 1. The molecule has 27 heavy (non-hydrogen) atoms. The summed E-state index contributed by atoms with van der Waals surface area (Å²) in [7, 11) is 0. The lowest BCUT2D eigenvalue weighted by molar-refractivity contribution is -0.139. The molecule has 0 bridgehead atoms. The maximum Gasteiger partial charge on any atom is 0.407 e. The summed E-state index contributed by atoms with van der Waals surface area (Å²) >= 11 is 7.11. The minimum absolute atomic E-state index is 0.0380. The molecule has 0 aliphatic rings. The van der Waals surface area contributed by atoms with Crippen LogP contribution < -0.4 is 10.1 Å². The van der Waals surface area contributed by atoms with Gasteiger partial charge in [-0.15, -0.1) is 11.3 Å². The van der Waals surface area contributed by atoms with E-state index in [9.17, 15) is 19.5 Å². The van der Waals surface area contributed by atoms with Crippen molar-refractivity contribution in [2.75, 3.05) is 13.2 Å². The quantitative estimate of drug-likeness (QED) is 0.605. The van der Waals surface area contributed by atoms with Crippen LogP contribution in [0.3, 0.4) is 0 Å². The highest BCUT2D eigenvalue weighted by Gasteiger charge is 2.24. The first-order valence-electron chi connectivity index (χ1n) is 7.73. The summed E-state index contributed by atoms with van der Waals surface area (Å²) in [6.45, 7) is 1.55. The van der Waals surface area contributed by atoms with Crippen molar-refractivity contribution in [2.45, 2.75) is 13.5 Å². The first-order valence-corrected chi connectivity index (χ1v) is 8.93. The summed E-state index contributed by atoms with van der Waals surface area (Å²) in [5, 5.41) is 20.6. The van der Waals surface area contributed by atoms with Gasteiger partial charge in [-0.2, -0.15) is 0 Å². The van der Waals surface area contributed by atoms with Crippen LogP contribution in [-0.4, -0.2) is 41.5 Å². The molecule has 1 aromatic heterocycles. The van der Waals surface area contributed by atoms with Gasteiger partial charge in [-0.05, 0) is 18.1 Å². The third-order valence-corrected chi connectivity index (χ3v) is 4.95. The maximum absolute atomic E-state index is 11.4. The normalized spacial score (nSPS) is 10.3. The highest BCUT2D eigenvalue weighted by atomic mass is 35.5. The van der Waals surface area contributed by atoms with Crippen LogP contribution in [0, 0.1) is 0 Å². The van der Waals surface area contributed by atoms with Crippen molar-refractivity contribution in [3.8, 4) is 16.2 Å². The smallest absolute Gasteiger partial charge is 0.407 e. The van der Waals surface area contributed by atoms with Crippen LogP contribution in [0.15, 0.2) is 24.3 Å². The molecule has 0 aliphatic heterocycles. The van der Waals surface area contributed by atoms with Gasteiger partial charge in [0.05, 0.1) is 11.5 Å². The third kappa shape index (κ3) is 5.35. The van der Waals surface area contributed by atoms with E-state index in [0.29, 0.717) is 10.4 Å². The molecule has 2 rings (SSSR count). The van der Waals surface area contributed by atoms with Crippen LogP contribution >= 0.6 is 22.9 Å². The Kier molecular flexibility index (Phi) is 7.03. The Morgan fingerprint density at radius 3 is 2.41 bits per heavy atom. The third-order valence-electron chi connectivity index (χ3n) is 3.27. The van der Waals surface area contributed by atoms with Crippen LogP contribution in [-0.2, 0) is 16.1 Å². The van der Waals surface area contributed by atoms with E-state index in [4.69, 9.17) is 26.2 Å². The molecule has 0 saturated heterocycles. The number of carbonyl (C=O) groups is 3. The molecule has 3 N–H and O–H groups in total. The van der Waals surface area contributed by atoms with Crippen LogP contribution in [0.5, 0.6) is 5.75 Å². The standard InChI is InChI=1S/C17H16ClNO7S/c1-2-25-17(24)19-7-9-3-5-10(6-4-9)14-12(18)13(26-8-11(20)21)15(27-14)16(22)23/h3-6H,2,7-8H2,1H3,(H,19,24)(H,20,21)(H,22,23). The van der Waals surface area contributed by atoms with Gasteiger partial charge in [0.1, 0.15) is 5.02 Å². The predicted molar refractivity (Wildman–Crippen MR) is 98.7 cm³/mol. The molecule has 10 heteroatoms. The molecule has 1 heterocycles. The van der Waals surface area contributed by atoms with Gasteiger partial charge in [0.2, 0.25) is 0 Å². The Bertz CT molecular complexity index is 848. The number of aliphatic carboxylic acids is 1. The second kappa shape index (κ2) is 9.24. The summed E-state index contributed by atoms with van der Waals surface area (Å²) in [6.07, 6.45) is -0.519. The summed E-state index contributed by atoms with van der Waals surface area (Å²) in [6, 6.07) is 6.92. The van der Waals surface area contributed by atoms with Crippen molar-refractivity contribution in [2.24, 2.45) is 0 Å². The zero-order valence-electron chi connectivity index (χ0n) is 14.2. The number of benzene rings is 1. The zero-order valence-corrected chi connectivity index (χ0v) is 15.7. The Balaban J connectivity index is 2.22. The topological polar surface area (TPSA) is 122 Å². The first kappa shape index (κ1) is 20.5. The monoisotopic (exact) mass is 413 g/mol. The summed E-state index contributed by atoms with van der Waals surface area (Å²) in [5.74, 6) is -2.67. The van der Waals surface area contributed by atoms with E-state index in [1.807, 2.05) is 0 Å². The molecule has 0 fully saturated rings. The summed E-state index contributed by atoms with van der Waals surface area (Å²) in [5.41, 5.74) is 1.44. The Morgan fingerprint density at radius 1 is 1.19 bits per heavy atom. The number of ether oxygens (including phenoxy) is 2. The Labute approximate surface area is 163 Å². The molecule has 0 spiro atoms. The minimum atomic E-state index is -1.26. The molecule has 1 aromatic carbocycles. The second-order valence-electron chi connectivity index (χ2n) is 5.16. The van der Waals surface area contributed by atoms with Crippen LogP contribution in [0.25, 0.3) is 10.4 Å². The van der Waals surface area contributed by atoms with Crippen LogP contribution in [0.4, 0.5) is 4.79 Å². The zero-order chi connectivity index (χ0) is 20.0. The van der Waals surface area contributed by atoms with E-state index < -0.39 is 24.6 Å². The van der Waals surface area contributed by atoms with Crippen LogP contribution in [0.2, 0.25) is 5.02 Å². The molecule has 0 unspecified atom stereocenters. The highest BCUT2D eigenvalue weighted by molar-refractivity contribution is 7.18. The largest absolute Gasteiger partial charge is 0.479 e. The number of nitrogens with one attached hydrogen (secondary N) is 1. The molecule has 1 amide bonds. The summed E-state index contributed by atoms with van der Waals surface area (Å²) < 4.78 is 9.81. The molecule has 2 aromatic rings. The number of hydrogen-bond donors (Lipinski definition) is 3. The lowest BCUT2D eigenvalue weighted by Crippen LogP contribution is -2.23. The number of hydrogen-bond acceptors (Lipinski definition) is 6. The molecule has 0 atom stereocenters. The van der Waals surface area contributed by atoms with Gasteiger partial charge < -0.3 is 25.0 Å². The molecular weight excluding hydrogens is 398 g/mol. The van der Waals surface area contributed by atoms with Crippen molar-refractivity contribution in [3.63, 3.8) is 0 Å². The lowest BCUT2D eigenvalue weighted by atomic mass is 10.1. The first-order chi connectivity index (χ1) is 12.8. The van der Waals surface area contributed by atoms with E-state index in [2.05, 4.69) is 5.32 Å². The number of alkyl carbamates (subject to hydrolysis) is 1. The van der Waals surface area contributed by atoms with Crippen molar-refractivity contribution < 1.29 is 34.1 Å². The van der Waals surface area contributed by atoms with Crippen molar-refractivity contribution in [3.05, 3.63) is 39.7 Å². The van der Waals surface area contributed by atoms with E-state index in [1.54, 1.807) is 31.2 Å². The summed E-state index contributed by atoms with van der Waals surface area (Å²) in [4.78, 5) is 33.6. The number of halogens is 1. The highest BCUT2D eigenvalue weighted by Crippen LogP contribution is 2.45. The number of carboxylic acids is 2. The number of rotatable bonds is 8. The van der Waals surface area contributed by atoms with Crippen molar-refractivity contribution >= 4 is 41.0 Å². The SMILES string of the molecule is CCOC(=O)NCc1ccc(-c2sc(C(=O)O)c(OCC(=O)O)c2Cl)cc1. The maximum atomic E-state index is 11.4. The number of aromatic carboxylic acids is 1. The Hall–Kier alpha value is -2.78. The van der Waals surface area contributed by atoms with Gasteiger partial charge in [0.15, 0.2) is 17.2 Å². The number of carboxylic acid groups (broad SMARTS) is 2. The van der Waals surface area contributed by atoms with E-state index in [1.165, 1.54) is 0 Å². The van der Waals surface area contributed by atoms with Gasteiger partial charge in [-0.1, -0.05) is 35.9 Å². The van der Waals surface area contributed by atoms with Gasteiger partial charge in [0.25, 0.3) is 0 Å².